The molecule has 0 bridgehead atoms. The minimum atomic E-state index is -0.581. The highest BCUT2D eigenvalue weighted by Crippen LogP contribution is 2.17. The molecule has 0 aromatic heterocycles. The first-order valence-electron chi connectivity index (χ1n) is 6.50. The lowest BCUT2D eigenvalue weighted by Gasteiger charge is -2.07. The maximum absolute atomic E-state index is 12.8. The monoisotopic (exact) mass is 289 g/mol. The highest BCUT2D eigenvalue weighted by molar-refractivity contribution is 5.96. The second kappa shape index (κ2) is 6.74. The molecule has 21 heavy (non-hydrogen) atoms. The number of nitrogens with one attached hydrogen (secondary N) is 1. The molecule has 2 aromatic rings. The van der Waals surface area contributed by atoms with Crippen LogP contribution in [-0.2, 0) is 6.42 Å². The van der Waals surface area contributed by atoms with Gasteiger partial charge < -0.3 is 15.2 Å². The summed E-state index contributed by atoms with van der Waals surface area (Å²) < 4.78 is 17.9. The molecule has 0 unspecified atom stereocenters. The zero-order valence-corrected chi connectivity index (χ0v) is 11.6. The average molecular weight is 289 g/mol. The van der Waals surface area contributed by atoms with Gasteiger partial charge in [-0.15, -0.1) is 0 Å². The first-order valence-corrected chi connectivity index (χ1v) is 6.50. The maximum Gasteiger partial charge on any atom is 0.255 e. The Morgan fingerprint density at radius 2 is 1.95 bits per heavy atom. The van der Waals surface area contributed by atoms with Crippen molar-refractivity contribution in [2.75, 3.05) is 13.7 Å². The van der Waals surface area contributed by atoms with Crippen molar-refractivity contribution in [1.82, 2.24) is 5.32 Å². The minimum Gasteiger partial charge on any atom is -0.507 e. The van der Waals surface area contributed by atoms with E-state index in [1.807, 2.05) is 24.3 Å². The molecular formula is C16H16FNO3. The van der Waals surface area contributed by atoms with Crippen molar-refractivity contribution in [2.24, 2.45) is 0 Å². The molecule has 110 valence electrons. The predicted octanol–water partition coefficient (Wildman–Crippen LogP) is 2.51. The zero-order chi connectivity index (χ0) is 15.2. The van der Waals surface area contributed by atoms with E-state index in [9.17, 15) is 14.3 Å². The molecule has 1 amide bonds. The summed E-state index contributed by atoms with van der Waals surface area (Å²) in [6.07, 6.45) is 0.650. The third kappa shape index (κ3) is 3.95. The summed E-state index contributed by atoms with van der Waals surface area (Å²) in [5, 5.41) is 12.2. The lowest BCUT2D eigenvalue weighted by atomic mass is 10.1. The van der Waals surface area contributed by atoms with Crippen molar-refractivity contribution in [3.05, 3.63) is 59.4 Å². The first kappa shape index (κ1) is 14.8. The van der Waals surface area contributed by atoms with Crippen LogP contribution in [0.4, 0.5) is 4.39 Å². The lowest BCUT2D eigenvalue weighted by molar-refractivity contribution is 0.0951. The number of amides is 1. The van der Waals surface area contributed by atoms with Crippen LogP contribution in [0, 0.1) is 5.82 Å². The van der Waals surface area contributed by atoms with Crippen molar-refractivity contribution in [3.63, 3.8) is 0 Å². The van der Waals surface area contributed by atoms with Crippen molar-refractivity contribution in [3.8, 4) is 11.5 Å². The predicted molar refractivity (Wildman–Crippen MR) is 77.1 cm³/mol. The van der Waals surface area contributed by atoms with E-state index >= 15 is 0 Å². The quantitative estimate of drug-likeness (QED) is 0.889. The van der Waals surface area contributed by atoms with Gasteiger partial charge in [0.2, 0.25) is 0 Å². The summed E-state index contributed by atoms with van der Waals surface area (Å²) in [6.45, 7) is 0.419. The molecule has 4 nitrogen and oxygen atoms in total. The molecule has 2 rings (SSSR count). The van der Waals surface area contributed by atoms with Crippen LogP contribution in [0.2, 0.25) is 0 Å². The number of aromatic hydroxyl groups is 1. The van der Waals surface area contributed by atoms with E-state index in [0.717, 1.165) is 23.4 Å². The summed E-state index contributed by atoms with van der Waals surface area (Å²) in [5.74, 6) is -0.598. The number of phenols is 1. The van der Waals surface area contributed by atoms with Gasteiger partial charge in [-0.05, 0) is 36.2 Å². The fourth-order valence-electron chi connectivity index (χ4n) is 1.90. The van der Waals surface area contributed by atoms with Gasteiger partial charge in [-0.1, -0.05) is 12.1 Å². The van der Waals surface area contributed by atoms with Crippen molar-refractivity contribution < 1.29 is 19.0 Å². The molecule has 0 aliphatic rings. The summed E-state index contributed by atoms with van der Waals surface area (Å²) in [5.41, 5.74) is 1.12. The van der Waals surface area contributed by atoms with Gasteiger partial charge in [-0.2, -0.15) is 0 Å². The normalized spacial score (nSPS) is 10.2. The molecule has 0 atom stereocenters. The largest absolute Gasteiger partial charge is 0.507 e. The SMILES string of the molecule is COc1ccc(CCNC(=O)c2ccc(F)cc2O)cc1. The van der Waals surface area contributed by atoms with Gasteiger partial charge in [0.1, 0.15) is 17.3 Å². The van der Waals surface area contributed by atoms with E-state index in [2.05, 4.69) is 5.32 Å². The average Bonchev–Trinajstić information content (AvgIpc) is 2.47. The number of methoxy groups -OCH3 is 1. The molecule has 5 heteroatoms. The molecule has 0 spiro atoms. The van der Waals surface area contributed by atoms with E-state index < -0.39 is 11.7 Å². The number of hydrogen-bond acceptors (Lipinski definition) is 3. The number of ether oxygens (including phenoxy) is 1. The molecule has 0 aliphatic carbocycles. The Bertz CT molecular complexity index is 626. The van der Waals surface area contributed by atoms with Gasteiger partial charge in [-0.25, -0.2) is 4.39 Å². The molecule has 2 aromatic carbocycles. The first-order chi connectivity index (χ1) is 10.1. The summed E-state index contributed by atoms with van der Waals surface area (Å²) >= 11 is 0. The lowest BCUT2D eigenvalue weighted by Crippen LogP contribution is -2.25. The van der Waals surface area contributed by atoms with Gasteiger partial charge >= 0.3 is 0 Å². The Morgan fingerprint density at radius 3 is 2.57 bits per heavy atom. The third-order valence-electron chi connectivity index (χ3n) is 3.06. The number of hydrogen-bond donors (Lipinski definition) is 2. The van der Waals surface area contributed by atoms with Crippen LogP contribution in [0.1, 0.15) is 15.9 Å². The van der Waals surface area contributed by atoms with Crippen LogP contribution in [0.25, 0.3) is 0 Å². The number of carbonyl (C=O) groups is 1. The smallest absolute Gasteiger partial charge is 0.255 e. The molecule has 0 saturated heterocycles. The van der Waals surface area contributed by atoms with E-state index in [1.54, 1.807) is 7.11 Å². The summed E-state index contributed by atoms with van der Waals surface area (Å²) in [6, 6.07) is 10.8. The molecule has 0 radical (unpaired) electrons. The van der Waals surface area contributed by atoms with Crippen LogP contribution < -0.4 is 10.1 Å². The van der Waals surface area contributed by atoms with Crippen molar-refractivity contribution >= 4 is 5.91 Å². The third-order valence-corrected chi connectivity index (χ3v) is 3.06. The van der Waals surface area contributed by atoms with Gasteiger partial charge in [-0.3, -0.25) is 4.79 Å². The number of phenolic OH excluding ortho intramolecular Hbond substituents is 1. The topological polar surface area (TPSA) is 58.6 Å². The Morgan fingerprint density at radius 1 is 1.24 bits per heavy atom. The van der Waals surface area contributed by atoms with Gasteiger partial charge in [0.15, 0.2) is 0 Å². The van der Waals surface area contributed by atoms with Gasteiger partial charge in [0, 0.05) is 12.6 Å². The van der Waals surface area contributed by atoms with E-state index in [-0.39, 0.29) is 11.3 Å². The van der Waals surface area contributed by atoms with Crippen LogP contribution in [0.3, 0.4) is 0 Å². The number of carbonyl (C=O) groups excluding carboxylic acids is 1. The van der Waals surface area contributed by atoms with E-state index in [4.69, 9.17) is 4.74 Å². The summed E-state index contributed by atoms with van der Waals surface area (Å²) in [4.78, 5) is 11.9. The van der Waals surface area contributed by atoms with E-state index in [1.165, 1.54) is 6.07 Å². The molecule has 2 N–H and O–H groups in total. The molecule has 0 fully saturated rings. The summed E-state index contributed by atoms with van der Waals surface area (Å²) in [7, 11) is 1.60. The van der Waals surface area contributed by atoms with Gasteiger partial charge in [0.25, 0.3) is 5.91 Å². The Labute approximate surface area is 122 Å². The van der Waals surface area contributed by atoms with E-state index in [0.29, 0.717) is 13.0 Å². The molecule has 0 saturated carbocycles. The van der Waals surface area contributed by atoms with Crippen LogP contribution in [0.15, 0.2) is 42.5 Å². The molecule has 0 heterocycles. The number of rotatable bonds is 5. The van der Waals surface area contributed by atoms with Crippen molar-refractivity contribution in [1.29, 1.82) is 0 Å². The fraction of sp³-hybridized carbons (Fsp3) is 0.188. The fourth-order valence-corrected chi connectivity index (χ4v) is 1.90. The Hall–Kier alpha value is -2.56. The molecular weight excluding hydrogens is 273 g/mol. The second-order valence-corrected chi connectivity index (χ2v) is 4.52. The minimum absolute atomic E-state index is 0.0612. The number of halogens is 1. The van der Waals surface area contributed by atoms with Crippen molar-refractivity contribution in [2.45, 2.75) is 6.42 Å². The number of benzene rings is 2. The van der Waals surface area contributed by atoms with Crippen LogP contribution in [-0.4, -0.2) is 24.7 Å². The Kier molecular flexibility index (Phi) is 4.77. The van der Waals surface area contributed by atoms with Crippen LogP contribution in [0.5, 0.6) is 11.5 Å². The standard InChI is InChI=1S/C16H16FNO3/c1-21-13-5-2-11(3-6-13)8-9-18-16(20)14-7-4-12(17)10-15(14)19/h2-7,10,19H,8-9H2,1H3,(H,18,20). The molecule has 0 aliphatic heterocycles. The highest BCUT2D eigenvalue weighted by atomic mass is 19.1. The maximum atomic E-state index is 12.8. The van der Waals surface area contributed by atoms with Crippen LogP contribution >= 0.6 is 0 Å². The zero-order valence-electron chi connectivity index (χ0n) is 11.6. The second-order valence-electron chi connectivity index (χ2n) is 4.52. The highest BCUT2D eigenvalue weighted by Gasteiger charge is 2.11. The Balaban J connectivity index is 1.88. The van der Waals surface area contributed by atoms with Gasteiger partial charge in [0.05, 0.1) is 12.7 Å².